The fourth-order valence-electron chi connectivity index (χ4n) is 1.94. The number of piperidine rings is 1. The quantitative estimate of drug-likeness (QED) is 0.723. The molecule has 1 rings (SSSR count). The normalized spacial score (nSPS) is 20.1. The zero-order valence-electron chi connectivity index (χ0n) is 10.1. The van der Waals surface area contributed by atoms with Gasteiger partial charge in [0.1, 0.15) is 0 Å². The van der Waals surface area contributed by atoms with Crippen LogP contribution in [-0.4, -0.2) is 57.9 Å². The van der Waals surface area contributed by atoms with Crippen molar-refractivity contribution in [3.63, 3.8) is 0 Å². The zero-order valence-corrected chi connectivity index (χ0v) is 10.9. The molecule has 0 saturated carbocycles. The molecule has 5 nitrogen and oxygen atoms in total. The molecule has 1 fully saturated rings. The molecule has 0 aromatic carbocycles. The maximum absolute atomic E-state index is 11.8. The number of nitrogens with zero attached hydrogens (tertiary/aromatic N) is 1. The highest BCUT2D eigenvalue weighted by Crippen LogP contribution is 2.14. The molecule has 0 bridgehead atoms. The molecule has 1 saturated heterocycles. The SMILES string of the molecule is CCNC1CCN(S(=O)(=O)CCOC)CC1. The van der Waals surface area contributed by atoms with Crippen molar-refractivity contribution in [1.29, 1.82) is 0 Å². The van der Waals surface area contributed by atoms with Gasteiger partial charge in [-0.15, -0.1) is 0 Å². The van der Waals surface area contributed by atoms with Crippen molar-refractivity contribution in [3.8, 4) is 0 Å². The van der Waals surface area contributed by atoms with Gasteiger partial charge in [-0.1, -0.05) is 6.92 Å². The molecule has 16 heavy (non-hydrogen) atoms. The molecule has 0 unspecified atom stereocenters. The second-order valence-electron chi connectivity index (χ2n) is 4.04. The summed E-state index contributed by atoms with van der Waals surface area (Å²) in [6.45, 7) is 4.55. The van der Waals surface area contributed by atoms with E-state index >= 15 is 0 Å². The summed E-state index contributed by atoms with van der Waals surface area (Å²) >= 11 is 0. The van der Waals surface area contributed by atoms with Crippen LogP contribution in [0.3, 0.4) is 0 Å². The first-order valence-electron chi connectivity index (χ1n) is 5.80. The molecule has 1 aliphatic heterocycles. The molecule has 96 valence electrons. The van der Waals surface area contributed by atoms with Crippen molar-refractivity contribution >= 4 is 10.0 Å². The van der Waals surface area contributed by atoms with E-state index in [0.717, 1.165) is 19.4 Å². The van der Waals surface area contributed by atoms with Crippen molar-refractivity contribution in [3.05, 3.63) is 0 Å². The van der Waals surface area contributed by atoms with Crippen molar-refractivity contribution in [2.75, 3.05) is 39.1 Å². The van der Waals surface area contributed by atoms with Crippen LogP contribution in [0.4, 0.5) is 0 Å². The van der Waals surface area contributed by atoms with Crippen molar-refractivity contribution in [1.82, 2.24) is 9.62 Å². The lowest BCUT2D eigenvalue weighted by molar-refractivity contribution is 0.214. The second-order valence-corrected chi connectivity index (χ2v) is 6.13. The first-order valence-corrected chi connectivity index (χ1v) is 7.41. The highest BCUT2D eigenvalue weighted by Gasteiger charge is 2.27. The van der Waals surface area contributed by atoms with Gasteiger partial charge in [-0.05, 0) is 19.4 Å². The third kappa shape index (κ3) is 4.01. The van der Waals surface area contributed by atoms with E-state index in [9.17, 15) is 8.42 Å². The standard InChI is InChI=1S/C10H22N2O3S/c1-3-11-10-4-6-12(7-5-10)16(13,14)9-8-15-2/h10-11H,3-9H2,1-2H3. The van der Waals surface area contributed by atoms with Crippen LogP contribution < -0.4 is 5.32 Å². The van der Waals surface area contributed by atoms with Crippen LogP contribution in [0.5, 0.6) is 0 Å². The molecular weight excluding hydrogens is 228 g/mol. The Bertz CT molecular complexity index is 284. The van der Waals surface area contributed by atoms with Crippen LogP contribution in [0.15, 0.2) is 0 Å². The number of sulfonamides is 1. The predicted octanol–water partition coefficient (Wildman–Crippen LogP) is 0.0365. The van der Waals surface area contributed by atoms with Crippen LogP contribution >= 0.6 is 0 Å². The Hall–Kier alpha value is -0.170. The Balaban J connectivity index is 2.40. The molecule has 1 aliphatic rings. The number of hydrogen-bond acceptors (Lipinski definition) is 4. The summed E-state index contributed by atoms with van der Waals surface area (Å²) in [6, 6.07) is 0.471. The number of nitrogens with one attached hydrogen (secondary N) is 1. The van der Waals surface area contributed by atoms with E-state index in [1.807, 2.05) is 0 Å². The van der Waals surface area contributed by atoms with Crippen LogP contribution in [0.2, 0.25) is 0 Å². The minimum absolute atomic E-state index is 0.0926. The Kier molecular flexibility index (Phi) is 5.68. The lowest BCUT2D eigenvalue weighted by Gasteiger charge is -2.31. The van der Waals surface area contributed by atoms with E-state index in [4.69, 9.17) is 4.74 Å². The van der Waals surface area contributed by atoms with Gasteiger partial charge >= 0.3 is 0 Å². The number of rotatable bonds is 6. The second kappa shape index (κ2) is 6.54. The Morgan fingerprint density at radius 2 is 2.00 bits per heavy atom. The highest BCUT2D eigenvalue weighted by atomic mass is 32.2. The van der Waals surface area contributed by atoms with Gasteiger partial charge in [-0.2, -0.15) is 0 Å². The lowest BCUT2D eigenvalue weighted by Crippen LogP contribution is -2.45. The van der Waals surface area contributed by atoms with E-state index in [0.29, 0.717) is 19.1 Å². The van der Waals surface area contributed by atoms with Gasteiger partial charge in [0.2, 0.25) is 10.0 Å². The summed E-state index contributed by atoms with van der Waals surface area (Å²) in [5.41, 5.74) is 0. The van der Waals surface area contributed by atoms with E-state index in [1.54, 1.807) is 4.31 Å². The summed E-state index contributed by atoms with van der Waals surface area (Å²) in [6.07, 6.45) is 1.81. The minimum Gasteiger partial charge on any atom is -0.384 e. The molecular formula is C10H22N2O3S. The van der Waals surface area contributed by atoms with E-state index in [1.165, 1.54) is 7.11 Å². The number of methoxy groups -OCH3 is 1. The number of hydrogen-bond donors (Lipinski definition) is 1. The Morgan fingerprint density at radius 3 is 2.50 bits per heavy atom. The predicted molar refractivity (Wildman–Crippen MR) is 63.9 cm³/mol. The van der Waals surface area contributed by atoms with Gasteiger partial charge in [0.25, 0.3) is 0 Å². The third-order valence-electron chi connectivity index (χ3n) is 2.89. The van der Waals surface area contributed by atoms with E-state index < -0.39 is 10.0 Å². The summed E-state index contributed by atoms with van der Waals surface area (Å²) < 4.78 is 30.1. The molecule has 0 radical (unpaired) electrons. The summed E-state index contributed by atoms with van der Waals surface area (Å²) in [5.74, 6) is 0.0926. The summed E-state index contributed by atoms with van der Waals surface area (Å²) in [7, 11) is -1.58. The first-order chi connectivity index (χ1) is 7.60. The Morgan fingerprint density at radius 1 is 1.38 bits per heavy atom. The lowest BCUT2D eigenvalue weighted by atomic mass is 10.1. The molecule has 0 aromatic rings. The van der Waals surface area contributed by atoms with Gasteiger partial charge in [-0.3, -0.25) is 0 Å². The zero-order chi connectivity index (χ0) is 12.0. The van der Waals surface area contributed by atoms with Crippen molar-refractivity contribution < 1.29 is 13.2 Å². The fourth-order valence-corrected chi connectivity index (χ4v) is 3.35. The first kappa shape index (κ1) is 13.9. The minimum atomic E-state index is -3.10. The largest absolute Gasteiger partial charge is 0.384 e. The average Bonchev–Trinajstić information content (AvgIpc) is 2.28. The van der Waals surface area contributed by atoms with Crippen LogP contribution in [-0.2, 0) is 14.8 Å². The average molecular weight is 250 g/mol. The molecule has 0 amide bonds. The summed E-state index contributed by atoms with van der Waals surface area (Å²) in [5, 5.41) is 3.35. The van der Waals surface area contributed by atoms with Crippen molar-refractivity contribution in [2.45, 2.75) is 25.8 Å². The van der Waals surface area contributed by atoms with Crippen LogP contribution in [0.25, 0.3) is 0 Å². The highest BCUT2D eigenvalue weighted by molar-refractivity contribution is 7.89. The molecule has 1 N–H and O–H groups in total. The summed E-state index contributed by atoms with van der Waals surface area (Å²) in [4.78, 5) is 0. The topological polar surface area (TPSA) is 58.6 Å². The van der Waals surface area contributed by atoms with Crippen LogP contribution in [0.1, 0.15) is 19.8 Å². The third-order valence-corrected chi connectivity index (χ3v) is 4.72. The van der Waals surface area contributed by atoms with E-state index in [-0.39, 0.29) is 12.4 Å². The fraction of sp³-hybridized carbons (Fsp3) is 1.00. The van der Waals surface area contributed by atoms with Gasteiger partial charge < -0.3 is 10.1 Å². The van der Waals surface area contributed by atoms with E-state index in [2.05, 4.69) is 12.2 Å². The van der Waals surface area contributed by atoms with Crippen LogP contribution in [0, 0.1) is 0 Å². The number of ether oxygens (including phenoxy) is 1. The monoisotopic (exact) mass is 250 g/mol. The molecule has 0 atom stereocenters. The van der Waals surface area contributed by atoms with Gasteiger partial charge in [0.05, 0.1) is 12.4 Å². The molecule has 0 aliphatic carbocycles. The smallest absolute Gasteiger partial charge is 0.216 e. The maximum Gasteiger partial charge on any atom is 0.216 e. The van der Waals surface area contributed by atoms with Gasteiger partial charge in [0, 0.05) is 26.2 Å². The molecule has 0 spiro atoms. The molecule has 0 aromatic heterocycles. The Labute approximate surface area is 98.2 Å². The van der Waals surface area contributed by atoms with Gasteiger partial charge in [0.15, 0.2) is 0 Å². The molecule has 6 heteroatoms. The van der Waals surface area contributed by atoms with Gasteiger partial charge in [-0.25, -0.2) is 12.7 Å². The van der Waals surface area contributed by atoms with Crippen molar-refractivity contribution in [2.24, 2.45) is 0 Å². The molecule has 1 heterocycles. The maximum atomic E-state index is 11.8.